The summed E-state index contributed by atoms with van der Waals surface area (Å²) >= 11 is 2.87. The monoisotopic (exact) mass is 628 g/mol. The molecule has 2 saturated carbocycles. The average molecular weight is 629 g/mol. The Bertz CT molecular complexity index is 1870. The molecule has 3 fully saturated rings. The number of imide groups is 1. The second-order valence-electron chi connectivity index (χ2n) is 12.1. The number of carbonyl (C=O) groups excluding carboxylic acids is 2. The molecule has 0 radical (unpaired) electrons. The molecule has 2 aliphatic heterocycles. The second-order valence-corrected chi connectivity index (χ2v) is 14.3. The van der Waals surface area contributed by atoms with Crippen molar-refractivity contribution in [2.45, 2.75) is 36.1 Å². The van der Waals surface area contributed by atoms with E-state index in [0.717, 1.165) is 33.0 Å². The number of halogens is 1. The van der Waals surface area contributed by atoms with Crippen LogP contribution in [-0.4, -0.2) is 29.2 Å². The number of thiazole rings is 1. The fourth-order valence-electron chi connectivity index (χ4n) is 8.16. The maximum atomic E-state index is 13.9. The van der Waals surface area contributed by atoms with Gasteiger partial charge >= 0.3 is 4.87 Å². The van der Waals surface area contributed by atoms with Gasteiger partial charge in [0.25, 0.3) is 0 Å². The highest BCUT2D eigenvalue weighted by molar-refractivity contribution is 8.00. The molecule has 3 aromatic carbocycles. The maximum absolute atomic E-state index is 13.9. The van der Waals surface area contributed by atoms with E-state index in [1.807, 2.05) is 36.4 Å². The highest BCUT2D eigenvalue weighted by atomic mass is 32.2. The molecular weight excluding hydrogens is 600 g/mol. The fraction of sp³-hybridized carbons (Fsp3) is 0.324. The van der Waals surface area contributed by atoms with E-state index in [-0.39, 0.29) is 45.6 Å². The number of nitrogens with zero attached hydrogens (tertiary/aromatic N) is 1. The summed E-state index contributed by atoms with van der Waals surface area (Å²) in [6.07, 6.45) is 0.789. The molecule has 3 heterocycles. The first-order valence-corrected chi connectivity index (χ1v) is 16.4. The molecule has 2 amide bonds. The number of hydrogen-bond donors (Lipinski definition) is 1. The number of nitrogens with one attached hydrogen (secondary N) is 1. The number of aryl methyl sites for hydroxylation is 1. The van der Waals surface area contributed by atoms with Gasteiger partial charge in [-0.15, -0.1) is 11.8 Å². The Hall–Kier alpha value is -3.89. The third-order valence-corrected chi connectivity index (χ3v) is 12.6. The fourth-order valence-corrected chi connectivity index (χ4v) is 11.0. The molecule has 6 unspecified atom stereocenters. The number of hydrogen-bond acceptors (Lipinski definition) is 7. The van der Waals surface area contributed by atoms with Crippen molar-refractivity contribution in [2.24, 2.45) is 29.6 Å². The zero-order valence-electron chi connectivity index (χ0n) is 24.0. The molecule has 10 heteroatoms. The molecule has 1 N–H and O–H groups in total. The van der Waals surface area contributed by atoms with Crippen LogP contribution in [-0.2, 0) is 16.2 Å². The lowest BCUT2D eigenvalue weighted by Crippen LogP contribution is -2.42. The van der Waals surface area contributed by atoms with Crippen LogP contribution in [0.3, 0.4) is 0 Å². The molecule has 7 atom stereocenters. The van der Waals surface area contributed by atoms with Gasteiger partial charge in [0.05, 0.1) is 29.7 Å². The molecule has 1 aromatic heterocycles. The van der Waals surface area contributed by atoms with Crippen LogP contribution in [0.15, 0.2) is 76.6 Å². The van der Waals surface area contributed by atoms with E-state index in [0.29, 0.717) is 23.8 Å². The van der Waals surface area contributed by atoms with Crippen molar-refractivity contribution in [1.29, 1.82) is 0 Å². The summed E-state index contributed by atoms with van der Waals surface area (Å²) in [4.78, 5) is 45.5. The first-order valence-electron chi connectivity index (χ1n) is 14.7. The minimum Gasteiger partial charge on any atom is -0.493 e. The van der Waals surface area contributed by atoms with E-state index >= 15 is 0 Å². The summed E-state index contributed by atoms with van der Waals surface area (Å²) in [6.45, 7) is 2.46. The molecule has 2 aliphatic carbocycles. The topological polar surface area (TPSA) is 88.7 Å². The van der Waals surface area contributed by atoms with Crippen LogP contribution < -0.4 is 19.2 Å². The van der Waals surface area contributed by atoms with E-state index in [1.54, 1.807) is 18.9 Å². The van der Waals surface area contributed by atoms with Crippen LogP contribution >= 0.6 is 23.1 Å². The number of fused-ring (bicyclic) bond motifs is 9. The molecule has 8 rings (SSSR count). The molecule has 1 saturated heterocycles. The zero-order chi connectivity index (χ0) is 30.3. The van der Waals surface area contributed by atoms with Gasteiger partial charge in [-0.1, -0.05) is 41.7 Å². The van der Waals surface area contributed by atoms with Crippen molar-refractivity contribution in [3.05, 3.63) is 104 Å². The highest BCUT2D eigenvalue weighted by Gasteiger charge is 2.69. The highest BCUT2D eigenvalue weighted by Crippen LogP contribution is 2.68. The number of H-pyrrole nitrogens is 1. The molecule has 7 nitrogen and oxygen atoms in total. The summed E-state index contributed by atoms with van der Waals surface area (Å²) in [5, 5.41) is 0.915. The van der Waals surface area contributed by atoms with Crippen molar-refractivity contribution in [1.82, 2.24) is 4.98 Å². The number of benzene rings is 3. The van der Waals surface area contributed by atoms with E-state index in [4.69, 9.17) is 9.47 Å². The van der Waals surface area contributed by atoms with Crippen LogP contribution in [0, 0.1) is 42.3 Å². The Kier molecular flexibility index (Phi) is 6.50. The number of aromatic amines is 1. The molecular formula is C34H29FN2O5S2. The summed E-state index contributed by atoms with van der Waals surface area (Å²) in [7, 11) is 1.62. The van der Waals surface area contributed by atoms with Crippen molar-refractivity contribution in [2.75, 3.05) is 12.0 Å². The number of amides is 2. The van der Waals surface area contributed by atoms with E-state index in [2.05, 4.69) is 18.0 Å². The Morgan fingerprint density at radius 3 is 2.45 bits per heavy atom. The summed E-state index contributed by atoms with van der Waals surface area (Å²) in [5.74, 6) is -0.542. The third kappa shape index (κ3) is 4.10. The Morgan fingerprint density at radius 2 is 1.70 bits per heavy atom. The van der Waals surface area contributed by atoms with Gasteiger partial charge in [-0.2, -0.15) is 0 Å². The van der Waals surface area contributed by atoms with Crippen molar-refractivity contribution in [3.8, 4) is 11.5 Å². The van der Waals surface area contributed by atoms with Gasteiger partial charge in [-0.25, -0.2) is 4.39 Å². The number of anilines is 1. The lowest BCUT2D eigenvalue weighted by Gasteiger charge is -2.43. The van der Waals surface area contributed by atoms with Crippen LogP contribution in [0.5, 0.6) is 11.5 Å². The first-order chi connectivity index (χ1) is 21.3. The zero-order valence-corrected chi connectivity index (χ0v) is 25.6. The van der Waals surface area contributed by atoms with E-state index in [9.17, 15) is 18.8 Å². The van der Waals surface area contributed by atoms with E-state index in [1.165, 1.54) is 40.5 Å². The molecule has 4 aliphatic rings. The number of methoxy groups -OCH3 is 1. The Morgan fingerprint density at radius 1 is 0.955 bits per heavy atom. The van der Waals surface area contributed by atoms with Crippen molar-refractivity contribution >= 4 is 40.6 Å². The minimum absolute atomic E-state index is 0.000403. The van der Waals surface area contributed by atoms with Crippen LogP contribution in [0.2, 0.25) is 0 Å². The van der Waals surface area contributed by atoms with Gasteiger partial charge in [0.15, 0.2) is 11.5 Å². The first kappa shape index (κ1) is 27.6. The lowest BCUT2D eigenvalue weighted by molar-refractivity contribution is -0.123. The standard InChI is InChI=1S/C34H29FN2O5S2/c1-16-5-3-4-6-18(16)15-42-23-12-7-17(13-24(23)41-2)25-26-21-14-22(29(26)43-31-30(25)44-34(40)36-31)28-27(21)32(38)37(33(28)39)20-10-8-19(35)9-11-20/h3-13,21-22,25-29H,14-15H2,1-2H3,(H,36,40)/t21?,22?,25-,26?,27?,28?,29?/m1/s1. The van der Waals surface area contributed by atoms with Gasteiger partial charge in [0.1, 0.15) is 12.4 Å². The summed E-state index contributed by atoms with van der Waals surface area (Å²) in [5.41, 5.74) is 3.65. The van der Waals surface area contributed by atoms with Crippen LogP contribution in [0.4, 0.5) is 10.1 Å². The lowest BCUT2D eigenvalue weighted by atomic mass is 9.68. The number of rotatable bonds is 6. The van der Waals surface area contributed by atoms with Crippen LogP contribution in [0.25, 0.3) is 0 Å². The predicted octanol–water partition coefficient (Wildman–Crippen LogP) is 6.15. The normalized spacial score (nSPS) is 28.2. The van der Waals surface area contributed by atoms with Crippen molar-refractivity contribution in [3.63, 3.8) is 0 Å². The van der Waals surface area contributed by atoms with Crippen molar-refractivity contribution < 1.29 is 23.5 Å². The number of thioether (sulfide) groups is 1. The largest absolute Gasteiger partial charge is 0.493 e. The van der Waals surface area contributed by atoms with Gasteiger partial charge in [0, 0.05) is 16.0 Å². The smallest absolute Gasteiger partial charge is 0.305 e. The Labute approximate surface area is 261 Å². The van der Waals surface area contributed by atoms with Gasteiger partial charge in [-0.05, 0) is 84.2 Å². The SMILES string of the molecule is COc1cc([C@H]2c3sc(=O)[nH]c3SC3C4CC(C5C(=O)N(c6ccc(F)cc6)C(=O)C45)C32)ccc1OCc1ccccc1C. The van der Waals surface area contributed by atoms with Gasteiger partial charge in [-0.3, -0.25) is 19.3 Å². The third-order valence-electron chi connectivity index (χ3n) is 10.00. The number of ether oxygens (including phenoxy) is 2. The molecule has 4 aromatic rings. The van der Waals surface area contributed by atoms with E-state index < -0.39 is 17.7 Å². The quantitative estimate of drug-likeness (QED) is 0.258. The average Bonchev–Trinajstić information content (AvgIpc) is 3.76. The second kappa shape index (κ2) is 10.3. The minimum atomic E-state index is -0.433. The summed E-state index contributed by atoms with van der Waals surface area (Å²) < 4.78 is 25.7. The summed E-state index contributed by atoms with van der Waals surface area (Å²) in [6, 6.07) is 19.6. The van der Waals surface area contributed by atoms with Crippen LogP contribution in [0.1, 0.15) is 33.9 Å². The molecule has 2 bridgehead atoms. The molecule has 0 spiro atoms. The molecule has 224 valence electrons. The predicted molar refractivity (Wildman–Crippen MR) is 166 cm³/mol. The van der Waals surface area contributed by atoms with Gasteiger partial charge in [0.2, 0.25) is 11.8 Å². The number of aromatic nitrogens is 1. The maximum Gasteiger partial charge on any atom is 0.305 e. The van der Waals surface area contributed by atoms with Gasteiger partial charge < -0.3 is 14.5 Å². The number of carbonyl (C=O) groups is 2. The Balaban J connectivity index is 1.15. The molecule has 44 heavy (non-hydrogen) atoms.